The van der Waals surface area contributed by atoms with Gasteiger partial charge in [0.15, 0.2) is 6.61 Å². The number of rotatable bonds is 14. The van der Waals surface area contributed by atoms with E-state index in [0.29, 0.717) is 12.1 Å². The Balaban J connectivity index is 1.14. The molecule has 0 bridgehead atoms. The zero-order chi connectivity index (χ0) is 30.6. The van der Waals surface area contributed by atoms with Crippen molar-refractivity contribution in [3.8, 4) is 5.75 Å². The van der Waals surface area contributed by atoms with Crippen LogP contribution >= 0.6 is 0 Å². The molecule has 2 heterocycles. The van der Waals surface area contributed by atoms with E-state index in [1.54, 1.807) is 25.1 Å². The molecule has 1 unspecified atom stereocenters. The molecule has 43 heavy (non-hydrogen) atoms. The summed E-state index contributed by atoms with van der Waals surface area (Å²) in [5, 5.41) is 5.01. The molecule has 2 aromatic rings. The summed E-state index contributed by atoms with van der Waals surface area (Å²) >= 11 is 0. The minimum atomic E-state index is -1.09. The van der Waals surface area contributed by atoms with Crippen molar-refractivity contribution < 1.29 is 28.7 Å². The van der Waals surface area contributed by atoms with Gasteiger partial charge in [-0.15, -0.1) is 0 Å². The van der Waals surface area contributed by atoms with Crippen LogP contribution in [0.1, 0.15) is 54.4 Å². The standard InChI is InChI=1S/C32H41N5O6/c1-24-10-9-13-27(30(24)32(42)37(23-38)26-14-15-28(39)34-31(26)41)43-22-29(40)33-16-7-2-3-8-17-35-18-20-36(21-19-35)25-11-5-4-6-12-25/h4-6,9-13,23,26H,2-3,7-8,14-22H2,1H3,(H,33,40)(H,34,39,41). The van der Waals surface area contributed by atoms with Gasteiger partial charge in [0.1, 0.15) is 11.8 Å². The van der Waals surface area contributed by atoms with Crippen LogP contribution in [0.4, 0.5) is 5.69 Å². The summed E-state index contributed by atoms with van der Waals surface area (Å²) in [6.45, 7) is 7.25. The number of nitrogens with zero attached hydrogens (tertiary/aromatic N) is 3. The number of para-hydroxylation sites is 1. The number of imide groups is 2. The lowest BCUT2D eigenvalue weighted by atomic mass is 10.0. The van der Waals surface area contributed by atoms with Gasteiger partial charge in [-0.05, 0) is 56.5 Å². The van der Waals surface area contributed by atoms with Gasteiger partial charge in [0.25, 0.3) is 11.8 Å². The normalized spacial score (nSPS) is 17.2. The fraction of sp³-hybridized carbons (Fsp3) is 0.469. The number of piperidine rings is 1. The third-order valence-electron chi connectivity index (χ3n) is 7.92. The summed E-state index contributed by atoms with van der Waals surface area (Å²) in [7, 11) is 0. The molecule has 2 aliphatic heterocycles. The van der Waals surface area contributed by atoms with Crippen LogP contribution in [-0.2, 0) is 19.2 Å². The average Bonchev–Trinajstić information content (AvgIpc) is 3.01. The number of unbranched alkanes of at least 4 members (excludes halogenated alkanes) is 3. The molecule has 0 saturated carbocycles. The number of nitrogens with one attached hydrogen (secondary N) is 2. The highest BCUT2D eigenvalue weighted by Crippen LogP contribution is 2.25. The van der Waals surface area contributed by atoms with E-state index < -0.39 is 23.8 Å². The highest BCUT2D eigenvalue weighted by molar-refractivity contribution is 6.08. The molecule has 2 fully saturated rings. The molecule has 5 amide bonds. The van der Waals surface area contributed by atoms with Gasteiger partial charge >= 0.3 is 0 Å². The van der Waals surface area contributed by atoms with E-state index >= 15 is 0 Å². The molecule has 2 aromatic carbocycles. The lowest BCUT2D eigenvalue weighted by molar-refractivity contribution is -0.139. The summed E-state index contributed by atoms with van der Waals surface area (Å²) in [4.78, 5) is 67.0. The highest BCUT2D eigenvalue weighted by atomic mass is 16.5. The Kier molecular flexibility index (Phi) is 11.7. The van der Waals surface area contributed by atoms with Gasteiger partial charge in [-0.1, -0.05) is 43.2 Å². The largest absolute Gasteiger partial charge is 0.483 e. The maximum absolute atomic E-state index is 13.3. The zero-order valence-electron chi connectivity index (χ0n) is 24.8. The fourth-order valence-electron chi connectivity index (χ4n) is 5.48. The second kappa shape index (κ2) is 15.8. The molecule has 0 aromatic heterocycles. The van der Waals surface area contributed by atoms with E-state index in [4.69, 9.17) is 4.74 Å². The Labute approximate surface area is 252 Å². The minimum absolute atomic E-state index is 0.0256. The second-order valence-corrected chi connectivity index (χ2v) is 10.9. The Hall–Kier alpha value is -4.25. The van der Waals surface area contributed by atoms with Crippen LogP contribution in [0, 0.1) is 6.92 Å². The van der Waals surface area contributed by atoms with Crippen LogP contribution < -0.4 is 20.3 Å². The number of piperazine rings is 1. The number of hydrogen-bond acceptors (Lipinski definition) is 8. The van der Waals surface area contributed by atoms with E-state index in [2.05, 4.69) is 44.7 Å². The maximum Gasteiger partial charge on any atom is 0.265 e. The van der Waals surface area contributed by atoms with E-state index in [-0.39, 0.29) is 43.1 Å². The molecule has 11 nitrogen and oxygen atoms in total. The molecule has 0 aliphatic carbocycles. The van der Waals surface area contributed by atoms with Crippen molar-refractivity contribution in [1.82, 2.24) is 20.4 Å². The lowest BCUT2D eigenvalue weighted by Crippen LogP contribution is -2.54. The van der Waals surface area contributed by atoms with Gasteiger partial charge in [-0.3, -0.25) is 39.1 Å². The number of ether oxygens (including phenoxy) is 1. The van der Waals surface area contributed by atoms with Crippen molar-refractivity contribution >= 4 is 35.7 Å². The van der Waals surface area contributed by atoms with Crippen LogP contribution in [0.5, 0.6) is 5.75 Å². The summed E-state index contributed by atoms with van der Waals surface area (Å²) in [5.74, 6) is -2.04. The molecular weight excluding hydrogens is 550 g/mol. The summed E-state index contributed by atoms with van der Waals surface area (Å²) in [5.41, 5.74) is 1.91. The molecule has 230 valence electrons. The van der Waals surface area contributed by atoms with Crippen molar-refractivity contribution in [3.63, 3.8) is 0 Å². The Bertz CT molecular complexity index is 1280. The molecule has 0 radical (unpaired) electrons. The van der Waals surface area contributed by atoms with Crippen molar-refractivity contribution in [2.45, 2.75) is 51.5 Å². The van der Waals surface area contributed by atoms with Gasteiger partial charge in [-0.25, -0.2) is 0 Å². The number of anilines is 1. The first-order valence-corrected chi connectivity index (χ1v) is 15.0. The van der Waals surface area contributed by atoms with Gasteiger partial charge in [-0.2, -0.15) is 0 Å². The summed E-state index contributed by atoms with van der Waals surface area (Å²) in [6.07, 6.45) is 4.47. The van der Waals surface area contributed by atoms with Gasteiger partial charge in [0.05, 0.1) is 5.56 Å². The zero-order valence-corrected chi connectivity index (χ0v) is 24.8. The molecular formula is C32H41N5O6. The molecule has 2 saturated heterocycles. The number of benzene rings is 2. The molecule has 2 N–H and O–H groups in total. The predicted octanol–water partition coefficient (Wildman–Crippen LogP) is 2.28. The van der Waals surface area contributed by atoms with Gasteiger partial charge in [0, 0.05) is 44.8 Å². The fourth-order valence-corrected chi connectivity index (χ4v) is 5.48. The number of hydrogen-bond donors (Lipinski definition) is 2. The van der Waals surface area contributed by atoms with E-state index in [1.807, 2.05) is 6.07 Å². The summed E-state index contributed by atoms with van der Waals surface area (Å²) in [6, 6.07) is 14.3. The third-order valence-corrected chi connectivity index (χ3v) is 7.92. The highest BCUT2D eigenvalue weighted by Gasteiger charge is 2.36. The first kappa shape index (κ1) is 31.7. The molecule has 1 atom stereocenters. The predicted molar refractivity (Wildman–Crippen MR) is 162 cm³/mol. The quantitative estimate of drug-likeness (QED) is 0.195. The SMILES string of the molecule is Cc1cccc(OCC(=O)NCCCCCCN2CCN(c3ccccc3)CC2)c1C(=O)N(C=O)C1CCC(=O)NC1=O. The molecule has 0 spiro atoms. The first-order valence-electron chi connectivity index (χ1n) is 15.0. The second-order valence-electron chi connectivity index (χ2n) is 10.9. The van der Waals surface area contributed by atoms with E-state index in [0.717, 1.165) is 63.3 Å². The average molecular weight is 592 g/mol. The maximum atomic E-state index is 13.3. The van der Waals surface area contributed by atoms with Crippen molar-refractivity contribution in [2.75, 3.05) is 50.8 Å². The summed E-state index contributed by atoms with van der Waals surface area (Å²) < 4.78 is 5.69. The van der Waals surface area contributed by atoms with Gasteiger partial charge < -0.3 is 15.0 Å². The van der Waals surface area contributed by atoms with Crippen molar-refractivity contribution in [1.29, 1.82) is 0 Å². The van der Waals surface area contributed by atoms with Gasteiger partial charge in [0.2, 0.25) is 18.2 Å². The third kappa shape index (κ3) is 8.87. The number of aryl methyl sites for hydroxylation is 1. The van der Waals surface area contributed by atoms with Crippen molar-refractivity contribution in [2.24, 2.45) is 0 Å². The van der Waals surface area contributed by atoms with Crippen LogP contribution in [0.2, 0.25) is 0 Å². The minimum Gasteiger partial charge on any atom is -0.483 e. The Morgan fingerprint density at radius 1 is 1.00 bits per heavy atom. The smallest absolute Gasteiger partial charge is 0.265 e. The van der Waals surface area contributed by atoms with E-state index in [1.165, 1.54) is 5.69 Å². The lowest BCUT2D eigenvalue weighted by Gasteiger charge is -2.36. The number of carbonyl (C=O) groups is 5. The molecule has 2 aliphatic rings. The van der Waals surface area contributed by atoms with Crippen LogP contribution in [0.3, 0.4) is 0 Å². The van der Waals surface area contributed by atoms with Crippen LogP contribution in [-0.4, -0.2) is 91.8 Å². The number of amides is 5. The van der Waals surface area contributed by atoms with Crippen molar-refractivity contribution in [3.05, 3.63) is 59.7 Å². The van der Waals surface area contributed by atoms with E-state index in [9.17, 15) is 24.0 Å². The Morgan fingerprint density at radius 2 is 1.74 bits per heavy atom. The Morgan fingerprint density at radius 3 is 2.47 bits per heavy atom. The number of carbonyl (C=O) groups excluding carboxylic acids is 5. The van der Waals surface area contributed by atoms with Crippen LogP contribution in [0.15, 0.2) is 48.5 Å². The molecule has 4 rings (SSSR count). The van der Waals surface area contributed by atoms with Crippen LogP contribution in [0.25, 0.3) is 0 Å². The topological polar surface area (TPSA) is 128 Å². The first-order chi connectivity index (χ1) is 20.9. The molecule has 11 heteroatoms. The monoisotopic (exact) mass is 591 g/mol.